The number of carbonyl (C=O) groups excluding carboxylic acids is 2. The van der Waals surface area contributed by atoms with E-state index in [2.05, 4.69) is 14.9 Å². The Morgan fingerprint density at radius 3 is 2.38 bits per heavy atom. The third-order valence-corrected chi connectivity index (χ3v) is 4.36. The summed E-state index contributed by atoms with van der Waals surface area (Å²) in [7, 11) is 0. The summed E-state index contributed by atoms with van der Waals surface area (Å²) in [6.45, 7) is 6.60. The first-order valence-electron chi connectivity index (χ1n) is 8.68. The molecule has 2 heterocycles. The molecule has 7 heteroatoms. The third kappa shape index (κ3) is 3.99. The van der Waals surface area contributed by atoms with Gasteiger partial charge in [-0.15, -0.1) is 0 Å². The summed E-state index contributed by atoms with van der Waals surface area (Å²) in [6.07, 6.45) is 1.35. The number of anilines is 1. The molecule has 0 saturated carbocycles. The predicted octanol–water partition coefficient (Wildman–Crippen LogP) is 2.04. The Morgan fingerprint density at radius 1 is 1.08 bits per heavy atom. The predicted molar refractivity (Wildman–Crippen MR) is 97.8 cm³/mol. The van der Waals surface area contributed by atoms with Crippen LogP contribution in [0.15, 0.2) is 36.7 Å². The Bertz CT molecular complexity index is 784. The average molecular weight is 354 g/mol. The molecular formula is C19H22N4O3. The molecule has 1 aromatic heterocycles. The third-order valence-electron chi connectivity index (χ3n) is 4.36. The van der Waals surface area contributed by atoms with Crippen LogP contribution in [0.1, 0.15) is 34.7 Å². The smallest absolute Gasteiger partial charge is 0.272 e. The van der Waals surface area contributed by atoms with Gasteiger partial charge in [0.15, 0.2) is 5.78 Å². The highest BCUT2D eigenvalue weighted by molar-refractivity contribution is 5.94. The normalized spacial score (nSPS) is 14.2. The van der Waals surface area contributed by atoms with Gasteiger partial charge in [0.25, 0.3) is 5.91 Å². The van der Waals surface area contributed by atoms with Crippen LogP contribution in [-0.4, -0.2) is 59.3 Å². The summed E-state index contributed by atoms with van der Waals surface area (Å²) in [5, 5.41) is 0. The minimum atomic E-state index is -0.111. The maximum absolute atomic E-state index is 12.6. The van der Waals surface area contributed by atoms with Crippen molar-refractivity contribution in [2.75, 3.05) is 37.7 Å². The van der Waals surface area contributed by atoms with Gasteiger partial charge in [-0.25, -0.2) is 9.97 Å². The number of amides is 1. The van der Waals surface area contributed by atoms with Crippen molar-refractivity contribution in [3.05, 3.63) is 47.9 Å². The van der Waals surface area contributed by atoms with Crippen LogP contribution in [0.5, 0.6) is 5.88 Å². The molecule has 0 spiro atoms. The van der Waals surface area contributed by atoms with Crippen LogP contribution in [0.3, 0.4) is 0 Å². The van der Waals surface area contributed by atoms with Crippen LogP contribution < -0.4 is 9.64 Å². The highest BCUT2D eigenvalue weighted by Gasteiger charge is 2.23. The summed E-state index contributed by atoms with van der Waals surface area (Å²) in [5.41, 5.74) is 2.11. The molecule has 0 bridgehead atoms. The number of rotatable bonds is 5. The van der Waals surface area contributed by atoms with E-state index in [1.807, 2.05) is 31.2 Å². The van der Waals surface area contributed by atoms with Gasteiger partial charge < -0.3 is 14.5 Å². The Hall–Kier alpha value is -2.96. The van der Waals surface area contributed by atoms with Gasteiger partial charge in [0.05, 0.1) is 6.61 Å². The Labute approximate surface area is 152 Å². The number of hydrogen-bond donors (Lipinski definition) is 0. The maximum atomic E-state index is 12.6. The SMILES string of the molecule is CCOc1cc(C(=O)N2CCN(c3ccc(C(C)=O)cc3)CC2)ncn1. The summed E-state index contributed by atoms with van der Waals surface area (Å²) in [5.74, 6) is 0.359. The van der Waals surface area contributed by atoms with E-state index in [9.17, 15) is 9.59 Å². The van der Waals surface area contributed by atoms with Gasteiger partial charge in [0.2, 0.25) is 5.88 Å². The van der Waals surface area contributed by atoms with Crippen molar-refractivity contribution in [1.82, 2.24) is 14.9 Å². The van der Waals surface area contributed by atoms with Crippen LogP contribution in [-0.2, 0) is 0 Å². The molecule has 1 amide bonds. The number of ketones is 1. The molecule has 26 heavy (non-hydrogen) atoms. The van der Waals surface area contributed by atoms with E-state index in [1.54, 1.807) is 17.9 Å². The fourth-order valence-electron chi connectivity index (χ4n) is 2.92. The molecule has 0 unspecified atom stereocenters. The largest absolute Gasteiger partial charge is 0.478 e. The number of aromatic nitrogens is 2. The van der Waals surface area contributed by atoms with Crippen LogP contribution in [0.2, 0.25) is 0 Å². The first-order chi connectivity index (χ1) is 12.6. The van der Waals surface area contributed by atoms with Crippen molar-refractivity contribution in [1.29, 1.82) is 0 Å². The lowest BCUT2D eigenvalue weighted by Gasteiger charge is -2.36. The highest BCUT2D eigenvalue weighted by atomic mass is 16.5. The van der Waals surface area contributed by atoms with Crippen molar-refractivity contribution >= 4 is 17.4 Å². The van der Waals surface area contributed by atoms with Crippen molar-refractivity contribution in [3.63, 3.8) is 0 Å². The molecular weight excluding hydrogens is 332 g/mol. The fraction of sp³-hybridized carbons (Fsp3) is 0.368. The molecule has 0 N–H and O–H groups in total. The molecule has 0 aliphatic carbocycles. The maximum Gasteiger partial charge on any atom is 0.272 e. The molecule has 1 fully saturated rings. The summed E-state index contributed by atoms with van der Waals surface area (Å²) >= 11 is 0. The van der Waals surface area contributed by atoms with E-state index in [1.165, 1.54) is 6.33 Å². The second kappa shape index (κ2) is 7.95. The van der Waals surface area contributed by atoms with Gasteiger partial charge in [-0.1, -0.05) is 0 Å². The monoisotopic (exact) mass is 354 g/mol. The molecule has 1 aliphatic heterocycles. The fourth-order valence-corrected chi connectivity index (χ4v) is 2.92. The van der Waals surface area contributed by atoms with Crippen molar-refractivity contribution in [2.24, 2.45) is 0 Å². The second-order valence-corrected chi connectivity index (χ2v) is 6.06. The first-order valence-corrected chi connectivity index (χ1v) is 8.68. The van der Waals surface area contributed by atoms with Crippen LogP contribution in [0.25, 0.3) is 0 Å². The second-order valence-electron chi connectivity index (χ2n) is 6.06. The van der Waals surface area contributed by atoms with E-state index in [0.717, 1.165) is 18.8 Å². The summed E-state index contributed by atoms with van der Waals surface area (Å²) < 4.78 is 5.33. The number of Topliss-reactive ketones (excluding diaryl/α,β-unsaturated/α-hetero) is 1. The molecule has 1 aliphatic rings. The van der Waals surface area contributed by atoms with Gasteiger partial charge in [0.1, 0.15) is 12.0 Å². The van der Waals surface area contributed by atoms with E-state index in [4.69, 9.17) is 4.74 Å². The molecule has 2 aromatic rings. The number of hydrogen-bond acceptors (Lipinski definition) is 6. The number of piperazine rings is 1. The number of benzene rings is 1. The number of nitrogens with zero attached hydrogens (tertiary/aromatic N) is 4. The Morgan fingerprint density at radius 2 is 1.77 bits per heavy atom. The van der Waals surface area contributed by atoms with E-state index in [-0.39, 0.29) is 11.7 Å². The standard InChI is InChI=1S/C19H22N4O3/c1-3-26-18-12-17(20-13-21-18)19(25)23-10-8-22(9-11-23)16-6-4-15(5-7-16)14(2)24/h4-7,12-13H,3,8-11H2,1-2H3. The zero-order chi connectivity index (χ0) is 18.5. The molecule has 7 nitrogen and oxygen atoms in total. The zero-order valence-corrected chi connectivity index (χ0v) is 15.0. The minimum absolute atomic E-state index is 0.0586. The lowest BCUT2D eigenvalue weighted by Crippen LogP contribution is -2.49. The van der Waals surface area contributed by atoms with E-state index < -0.39 is 0 Å². The summed E-state index contributed by atoms with van der Waals surface area (Å²) in [6, 6.07) is 9.16. The molecule has 0 atom stereocenters. The van der Waals surface area contributed by atoms with E-state index in [0.29, 0.717) is 36.8 Å². The van der Waals surface area contributed by atoms with Crippen LogP contribution >= 0.6 is 0 Å². The first kappa shape index (κ1) is 17.8. The van der Waals surface area contributed by atoms with Crippen LogP contribution in [0, 0.1) is 0 Å². The van der Waals surface area contributed by atoms with E-state index >= 15 is 0 Å². The lowest BCUT2D eigenvalue weighted by atomic mass is 10.1. The van der Waals surface area contributed by atoms with Gasteiger partial charge in [0, 0.05) is 43.5 Å². The van der Waals surface area contributed by atoms with Crippen LogP contribution in [0.4, 0.5) is 5.69 Å². The highest BCUT2D eigenvalue weighted by Crippen LogP contribution is 2.19. The molecule has 1 saturated heterocycles. The van der Waals surface area contributed by atoms with Crippen molar-refractivity contribution in [2.45, 2.75) is 13.8 Å². The quantitative estimate of drug-likeness (QED) is 0.765. The Kier molecular flexibility index (Phi) is 5.46. The Balaban J connectivity index is 1.61. The van der Waals surface area contributed by atoms with Crippen molar-refractivity contribution < 1.29 is 14.3 Å². The molecule has 1 aromatic carbocycles. The number of carbonyl (C=O) groups is 2. The summed E-state index contributed by atoms with van der Waals surface area (Å²) in [4.78, 5) is 36.1. The average Bonchev–Trinajstić information content (AvgIpc) is 2.68. The lowest BCUT2D eigenvalue weighted by molar-refractivity contribution is 0.0739. The topological polar surface area (TPSA) is 75.6 Å². The van der Waals surface area contributed by atoms with Gasteiger partial charge in [-0.05, 0) is 38.1 Å². The van der Waals surface area contributed by atoms with Crippen molar-refractivity contribution in [3.8, 4) is 5.88 Å². The molecule has 0 radical (unpaired) electrons. The minimum Gasteiger partial charge on any atom is -0.478 e. The van der Waals surface area contributed by atoms with Gasteiger partial charge in [-0.2, -0.15) is 0 Å². The molecule has 3 rings (SSSR count). The zero-order valence-electron chi connectivity index (χ0n) is 15.0. The molecule has 136 valence electrons. The number of ether oxygens (including phenoxy) is 1. The van der Waals surface area contributed by atoms with Gasteiger partial charge in [-0.3, -0.25) is 9.59 Å². The van der Waals surface area contributed by atoms with Gasteiger partial charge >= 0.3 is 0 Å².